The molecule has 0 N–H and O–H groups in total. The molecule has 0 spiro atoms. The molecule has 0 saturated heterocycles. The summed E-state index contributed by atoms with van der Waals surface area (Å²) >= 11 is 1.84. The van der Waals surface area contributed by atoms with Gasteiger partial charge in [0, 0.05) is 42.2 Å². The Bertz CT molecular complexity index is 3190. The van der Waals surface area contributed by atoms with Crippen LogP contribution in [0.25, 0.3) is 85.9 Å². The Morgan fingerprint density at radius 1 is 0.415 bits per heavy atom. The molecular weight excluding hydrogens is 663 g/mol. The summed E-state index contributed by atoms with van der Waals surface area (Å²) in [5.41, 5.74) is 9.58. The summed E-state index contributed by atoms with van der Waals surface area (Å²) in [4.78, 5) is 2.45. The van der Waals surface area contributed by atoms with Crippen molar-refractivity contribution in [3.05, 3.63) is 188 Å². The van der Waals surface area contributed by atoms with Gasteiger partial charge in [-0.15, -0.1) is 11.3 Å². The van der Waals surface area contributed by atoms with Gasteiger partial charge in [0.15, 0.2) is 5.58 Å². The Morgan fingerprint density at radius 3 is 1.83 bits per heavy atom. The van der Waals surface area contributed by atoms with Crippen molar-refractivity contribution < 1.29 is 4.42 Å². The van der Waals surface area contributed by atoms with Crippen LogP contribution < -0.4 is 4.90 Å². The number of rotatable bonds is 5. The minimum absolute atomic E-state index is 0.868. The van der Waals surface area contributed by atoms with Crippen molar-refractivity contribution >= 4 is 92.1 Å². The summed E-state index contributed by atoms with van der Waals surface area (Å²) in [5.74, 6) is 0. The molecule has 0 unspecified atom stereocenters. The summed E-state index contributed by atoms with van der Waals surface area (Å²) in [6.07, 6.45) is 0. The van der Waals surface area contributed by atoms with Gasteiger partial charge in [-0.05, 0) is 92.8 Å². The highest BCUT2D eigenvalue weighted by Crippen LogP contribution is 2.51. The first-order valence-corrected chi connectivity index (χ1v) is 18.8. The van der Waals surface area contributed by atoms with Crippen molar-refractivity contribution in [3.63, 3.8) is 0 Å². The number of para-hydroxylation sites is 1. The third kappa shape index (κ3) is 4.86. The molecule has 0 atom stereocenters. The van der Waals surface area contributed by atoms with Crippen molar-refractivity contribution in [1.82, 2.24) is 0 Å². The van der Waals surface area contributed by atoms with Crippen molar-refractivity contribution in [2.45, 2.75) is 0 Å². The lowest BCUT2D eigenvalue weighted by Crippen LogP contribution is -2.12. The lowest BCUT2D eigenvalue weighted by atomic mass is 9.96. The minimum atomic E-state index is 0.868. The van der Waals surface area contributed by atoms with E-state index in [1.54, 1.807) is 0 Å². The molecular formula is C50H31NOS. The Morgan fingerprint density at radius 2 is 1.04 bits per heavy atom. The Labute approximate surface area is 310 Å². The number of anilines is 3. The van der Waals surface area contributed by atoms with Gasteiger partial charge in [-0.2, -0.15) is 0 Å². The van der Waals surface area contributed by atoms with Crippen LogP contribution in [0.1, 0.15) is 0 Å². The van der Waals surface area contributed by atoms with Gasteiger partial charge in [-0.3, -0.25) is 0 Å². The Hall–Kier alpha value is -6.68. The third-order valence-electron chi connectivity index (χ3n) is 10.6. The fourth-order valence-corrected chi connectivity index (χ4v) is 9.22. The molecule has 248 valence electrons. The van der Waals surface area contributed by atoms with E-state index in [-0.39, 0.29) is 0 Å². The van der Waals surface area contributed by atoms with Gasteiger partial charge in [-0.1, -0.05) is 133 Å². The van der Waals surface area contributed by atoms with E-state index in [9.17, 15) is 0 Å². The number of fused-ring (bicyclic) bond motifs is 8. The standard InChI is InChI=1S/C50H31NOS/c1-3-12-35-30-37(22-20-32(35)10-1)34-24-26-39(27-25-34)51(44-16-9-19-47-48(44)43-15-6-8-18-46(43)53-47)49-40(38-23-21-33-11-2-4-13-36(33)31-38)28-29-42-41-14-5-7-17-45(41)52-50(42)49/h1-31H. The van der Waals surface area contributed by atoms with Gasteiger partial charge in [0.1, 0.15) is 5.58 Å². The molecule has 2 nitrogen and oxygen atoms in total. The quantitative estimate of drug-likeness (QED) is 0.178. The Kier molecular flexibility index (Phi) is 6.76. The lowest BCUT2D eigenvalue weighted by molar-refractivity contribution is 0.669. The van der Waals surface area contributed by atoms with Gasteiger partial charge in [0.2, 0.25) is 0 Å². The molecule has 0 aliphatic heterocycles. The molecule has 11 rings (SSSR count). The first-order valence-electron chi connectivity index (χ1n) is 18.0. The predicted molar refractivity (Wildman–Crippen MR) is 227 cm³/mol. The van der Waals surface area contributed by atoms with E-state index in [1.165, 1.54) is 52.8 Å². The van der Waals surface area contributed by atoms with Crippen LogP contribution in [0.5, 0.6) is 0 Å². The average Bonchev–Trinajstić information content (AvgIpc) is 3.80. The van der Waals surface area contributed by atoms with Gasteiger partial charge in [0.05, 0.1) is 11.4 Å². The molecule has 0 saturated carbocycles. The minimum Gasteiger partial charge on any atom is -0.454 e. The average molecular weight is 694 g/mol. The normalized spacial score (nSPS) is 11.8. The highest BCUT2D eigenvalue weighted by molar-refractivity contribution is 7.26. The first-order chi connectivity index (χ1) is 26.3. The summed E-state index contributed by atoms with van der Waals surface area (Å²) in [5, 5.41) is 9.61. The maximum atomic E-state index is 6.93. The lowest BCUT2D eigenvalue weighted by Gasteiger charge is -2.29. The van der Waals surface area contributed by atoms with Gasteiger partial charge < -0.3 is 9.32 Å². The molecule has 11 aromatic rings. The van der Waals surface area contributed by atoms with Crippen molar-refractivity contribution in [1.29, 1.82) is 0 Å². The van der Waals surface area contributed by atoms with Crippen molar-refractivity contribution in [2.24, 2.45) is 0 Å². The smallest absolute Gasteiger partial charge is 0.160 e. The third-order valence-corrected chi connectivity index (χ3v) is 11.8. The van der Waals surface area contributed by atoms with Crippen LogP contribution in [-0.4, -0.2) is 0 Å². The van der Waals surface area contributed by atoms with E-state index < -0.39 is 0 Å². The highest BCUT2D eigenvalue weighted by atomic mass is 32.1. The predicted octanol–water partition coefficient (Wildman–Crippen LogP) is 15.1. The summed E-state index contributed by atoms with van der Waals surface area (Å²) in [7, 11) is 0. The molecule has 2 aromatic heterocycles. The first kappa shape index (κ1) is 30.0. The number of nitrogens with zero attached hydrogens (tertiary/aromatic N) is 1. The van der Waals surface area contributed by atoms with Crippen LogP contribution >= 0.6 is 11.3 Å². The molecule has 2 heterocycles. The van der Waals surface area contributed by atoms with Gasteiger partial charge >= 0.3 is 0 Å². The summed E-state index contributed by atoms with van der Waals surface area (Å²) < 4.78 is 9.46. The fraction of sp³-hybridized carbons (Fsp3) is 0. The van der Waals surface area contributed by atoms with Crippen LogP contribution in [0.4, 0.5) is 17.1 Å². The van der Waals surface area contributed by atoms with Gasteiger partial charge in [-0.25, -0.2) is 0 Å². The van der Waals surface area contributed by atoms with Crippen LogP contribution in [0.2, 0.25) is 0 Å². The highest BCUT2D eigenvalue weighted by Gasteiger charge is 2.26. The van der Waals surface area contributed by atoms with E-state index in [0.717, 1.165) is 50.1 Å². The molecule has 3 heteroatoms. The van der Waals surface area contributed by atoms with Crippen LogP contribution in [0, 0.1) is 0 Å². The largest absolute Gasteiger partial charge is 0.454 e. The molecule has 0 amide bonds. The second-order valence-corrected chi connectivity index (χ2v) is 14.8. The zero-order chi connectivity index (χ0) is 34.9. The topological polar surface area (TPSA) is 16.4 Å². The molecule has 0 bridgehead atoms. The zero-order valence-electron chi connectivity index (χ0n) is 28.7. The maximum absolute atomic E-state index is 6.93. The SMILES string of the molecule is c1ccc2cc(-c3ccc(N(c4c(-c5ccc6ccccc6c5)ccc5c4oc4ccccc45)c4cccc5sc6ccccc6c45)cc3)ccc2c1. The van der Waals surface area contributed by atoms with E-state index in [1.807, 2.05) is 11.3 Å². The van der Waals surface area contributed by atoms with E-state index in [4.69, 9.17) is 4.42 Å². The Balaban J connectivity index is 1.22. The number of benzene rings is 9. The van der Waals surface area contributed by atoms with E-state index in [2.05, 4.69) is 193 Å². The second-order valence-electron chi connectivity index (χ2n) is 13.7. The van der Waals surface area contributed by atoms with E-state index >= 15 is 0 Å². The molecule has 0 aliphatic rings. The number of hydrogen-bond acceptors (Lipinski definition) is 3. The number of thiophene rings is 1. The molecule has 9 aromatic carbocycles. The summed E-state index contributed by atoms with van der Waals surface area (Å²) in [6, 6.07) is 68.1. The molecule has 0 radical (unpaired) electrons. The monoisotopic (exact) mass is 693 g/mol. The summed E-state index contributed by atoms with van der Waals surface area (Å²) in [6.45, 7) is 0. The van der Waals surface area contributed by atoms with Crippen molar-refractivity contribution in [2.75, 3.05) is 4.90 Å². The zero-order valence-corrected chi connectivity index (χ0v) is 29.5. The molecule has 0 fully saturated rings. The fourth-order valence-electron chi connectivity index (χ4n) is 8.09. The van der Waals surface area contributed by atoms with Crippen LogP contribution in [0.3, 0.4) is 0 Å². The van der Waals surface area contributed by atoms with Crippen LogP contribution in [-0.2, 0) is 0 Å². The second kappa shape index (κ2) is 11.9. The number of furan rings is 1. The molecule has 0 aliphatic carbocycles. The van der Waals surface area contributed by atoms with E-state index in [0.29, 0.717) is 0 Å². The van der Waals surface area contributed by atoms with Crippen molar-refractivity contribution in [3.8, 4) is 22.3 Å². The molecule has 53 heavy (non-hydrogen) atoms. The van der Waals surface area contributed by atoms with Crippen LogP contribution in [0.15, 0.2) is 192 Å². The number of hydrogen-bond donors (Lipinski definition) is 0. The maximum Gasteiger partial charge on any atom is 0.160 e. The van der Waals surface area contributed by atoms with Gasteiger partial charge in [0.25, 0.3) is 0 Å².